The minimum atomic E-state index is 0.853. The summed E-state index contributed by atoms with van der Waals surface area (Å²) in [5, 5.41) is 7.38. The van der Waals surface area contributed by atoms with Gasteiger partial charge in [-0.15, -0.1) is 0 Å². The number of methoxy groups -OCH3 is 1. The van der Waals surface area contributed by atoms with Crippen molar-refractivity contribution in [1.29, 1.82) is 0 Å². The molecule has 558 valence electrons. The zero-order chi connectivity index (χ0) is 78.4. The van der Waals surface area contributed by atoms with Gasteiger partial charge in [0.1, 0.15) is 5.75 Å². The van der Waals surface area contributed by atoms with E-state index in [1.165, 1.54) is 88.2 Å². The second kappa shape index (κ2) is 34.7. The number of nitrogens with zero attached hydrogens (tertiary/aromatic N) is 6. The Morgan fingerprint density at radius 1 is 0.165 bits per heavy atom. The molecule has 0 unspecified atom stereocenters. The fraction of sp³-hybridized carbons (Fsp3) is 0.0556. The fourth-order valence-electron chi connectivity index (χ4n) is 15.0. The van der Waals surface area contributed by atoms with Crippen LogP contribution in [0.4, 0.5) is 85.3 Å². The molecule has 0 amide bonds. The van der Waals surface area contributed by atoms with Crippen molar-refractivity contribution < 1.29 is 4.74 Å². The molecule has 0 fully saturated rings. The summed E-state index contributed by atoms with van der Waals surface area (Å²) < 4.78 is 5.32. The molecule has 18 rings (SSSR count). The van der Waals surface area contributed by atoms with Crippen LogP contribution in [0.15, 0.2) is 437 Å². The summed E-state index contributed by atoms with van der Waals surface area (Å²) in [5.41, 5.74) is 26.7. The van der Waals surface area contributed by atoms with E-state index in [4.69, 9.17) is 4.74 Å². The number of rotatable bonds is 19. The second-order valence-corrected chi connectivity index (χ2v) is 28.9. The van der Waals surface area contributed by atoms with Crippen LogP contribution < -0.4 is 34.1 Å². The third-order valence-corrected chi connectivity index (χ3v) is 21.4. The van der Waals surface area contributed by atoms with Crippen LogP contribution in [0.1, 0.15) is 11.1 Å². The first-order chi connectivity index (χ1) is 56.5. The normalized spacial score (nSPS) is 10.9. The third-order valence-electron chi connectivity index (χ3n) is 21.4. The molecular formula is C108H90N6O. The molecule has 0 saturated carbocycles. The first kappa shape index (κ1) is 74.4. The van der Waals surface area contributed by atoms with Gasteiger partial charge in [0.05, 0.1) is 7.11 Å². The van der Waals surface area contributed by atoms with Crippen molar-refractivity contribution >= 4 is 118 Å². The molecule has 0 heterocycles. The molecule has 0 saturated heterocycles. The van der Waals surface area contributed by atoms with Crippen LogP contribution in [0.2, 0.25) is 0 Å². The highest BCUT2D eigenvalue weighted by molar-refractivity contribution is 5.94. The van der Waals surface area contributed by atoms with Crippen LogP contribution in [0, 0.1) is 13.8 Å². The van der Waals surface area contributed by atoms with Crippen molar-refractivity contribution in [1.82, 2.24) is 0 Å². The number of benzene rings is 18. The zero-order valence-corrected chi connectivity index (χ0v) is 65.7. The lowest BCUT2D eigenvalue weighted by Gasteiger charge is -2.27. The molecule has 0 aliphatic carbocycles. The highest BCUT2D eigenvalue weighted by Crippen LogP contribution is 2.44. The molecule has 0 N–H and O–H groups in total. The fourth-order valence-corrected chi connectivity index (χ4v) is 15.0. The van der Waals surface area contributed by atoms with E-state index >= 15 is 0 Å². The maximum atomic E-state index is 5.32. The van der Waals surface area contributed by atoms with Crippen LogP contribution in [0.5, 0.6) is 5.75 Å². The highest BCUT2D eigenvalue weighted by Gasteiger charge is 2.20. The van der Waals surface area contributed by atoms with E-state index in [1.54, 1.807) is 7.11 Å². The second-order valence-electron chi connectivity index (χ2n) is 28.9. The maximum Gasteiger partial charge on any atom is 0.119 e. The predicted molar refractivity (Wildman–Crippen MR) is 492 cm³/mol. The Labute approximate surface area is 676 Å². The smallest absolute Gasteiger partial charge is 0.119 e. The largest absolute Gasteiger partial charge is 0.497 e. The monoisotopic (exact) mass is 1490 g/mol. The predicted octanol–water partition coefficient (Wildman–Crippen LogP) is 29.9. The molecule has 0 atom stereocenters. The Hall–Kier alpha value is -14.7. The summed E-state index contributed by atoms with van der Waals surface area (Å²) in [4.78, 5) is 13.6. The number of hydrogen-bond donors (Lipinski definition) is 0. The molecule has 0 radical (unpaired) electrons. The molecule has 0 aliphatic rings. The van der Waals surface area contributed by atoms with Gasteiger partial charge in [-0.05, 0) is 279 Å². The lowest BCUT2D eigenvalue weighted by molar-refractivity contribution is 0.415. The molecular weight excluding hydrogens is 1400 g/mol. The van der Waals surface area contributed by atoms with E-state index in [2.05, 4.69) is 489 Å². The van der Waals surface area contributed by atoms with Crippen LogP contribution in [0.25, 0.3) is 65.7 Å². The summed E-state index contributed by atoms with van der Waals surface area (Å²) in [5.74, 6) is 0.853. The van der Waals surface area contributed by atoms with Gasteiger partial charge in [-0.3, -0.25) is 0 Å². The number of hydrogen-bond acceptors (Lipinski definition) is 7. The molecule has 7 heteroatoms. The van der Waals surface area contributed by atoms with Crippen molar-refractivity contribution in [3.05, 3.63) is 448 Å². The van der Waals surface area contributed by atoms with Crippen LogP contribution >= 0.6 is 0 Å². The Morgan fingerprint density at radius 3 is 0.730 bits per heavy atom. The zero-order valence-electron chi connectivity index (χ0n) is 65.7. The molecule has 0 aliphatic heterocycles. The van der Waals surface area contributed by atoms with Gasteiger partial charge in [0.15, 0.2) is 0 Å². The van der Waals surface area contributed by atoms with Crippen molar-refractivity contribution in [2.24, 2.45) is 0 Å². The quantitative estimate of drug-likeness (QED) is 0.0797. The van der Waals surface area contributed by atoms with Crippen molar-refractivity contribution in [2.75, 3.05) is 57.7 Å². The van der Waals surface area contributed by atoms with Crippen LogP contribution in [0.3, 0.4) is 0 Å². The minimum absolute atomic E-state index is 0.853. The molecule has 0 bridgehead atoms. The van der Waals surface area contributed by atoms with E-state index in [0.717, 1.165) is 79.7 Å². The minimum Gasteiger partial charge on any atom is -0.497 e. The summed E-state index contributed by atoms with van der Waals surface area (Å²) >= 11 is 0. The third kappa shape index (κ3) is 17.3. The van der Waals surface area contributed by atoms with Gasteiger partial charge in [0.2, 0.25) is 0 Å². The number of ether oxygens (including phenoxy) is 1. The standard InChI is InChI=1S/C36H30N2O.2C36H30N2/c1-37(32-21-23-36(39-2)24-22-32)31-17-19-33(20-18-31)38(35-16-15-28-11-6-7-12-29(28)26-35)34-14-8-13-30(25-34)27-9-4-3-5-10-27;1-27-10-8-16-34(24-27)37(2)32-20-22-33(23-21-32)38(36-19-18-29-13-6-7-14-30(29)26-36)35-17-9-15-31(25-35)28-11-4-3-5-12-28;1-27-15-18-32(19-16-27)37(2)33-21-23-34(24-22-33)38(36-20-17-29-11-6-7-12-30(29)26-36)35-14-8-13-31(25-35)28-9-4-3-5-10-28/h3-26H,1-2H3;2*3-26H,1-2H3. The van der Waals surface area contributed by atoms with Gasteiger partial charge in [-0.1, -0.05) is 248 Å². The van der Waals surface area contributed by atoms with Crippen LogP contribution in [-0.2, 0) is 0 Å². The van der Waals surface area contributed by atoms with Crippen molar-refractivity contribution in [3.8, 4) is 39.1 Å². The topological polar surface area (TPSA) is 28.7 Å². The van der Waals surface area contributed by atoms with E-state index in [9.17, 15) is 0 Å². The Kier molecular flexibility index (Phi) is 22.5. The average Bonchev–Trinajstić information content (AvgIpc) is 0.794. The summed E-state index contributed by atoms with van der Waals surface area (Å²) in [6.45, 7) is 4.25. The number of anilines is 15. The van der Waals surface area contributed by atoms with Crippen molar-refractivity contribution in [2.45, 2.75) is 13.8 Å². The van der Waals surface area contributed by atoms with Gasteiger partial charge in [-0.25, -0.2) is 0 Å². The highest BCUT2D eigenvalue weighted by atomic mass is 16.5. The van der Waals surface area contributed by atoms with E-state index in [1.807, 2.05) is 12.1 Å². The van der Waals surface area contributed by atoms with E-state index < -0.39 is 0 Å². The Balaban J connectivity index is 0.000000130. The average molecular weight is 1490 g/mol. The van der Waals surface area contributed by atoms with E-state index in [-0.39, 0.29) is 0 Å². The summed E-state index contributed by atoms with van der Waals surface area (Å²) in [6, 6.07) is 155. The summed E-state index contributed by atoms with van der Waals surface area (Å²) in [6.07, 6.45) is 0. The molecule has 0 aromatic heterocycles. The molecule has 18 aromatic rings. The van der Waals surface area contributed by atoms with Gasteiger partial charge in [0.25, 0.3) is 0 Å². The Bertz CT molecular complexity index is 6280. The molecule has 7 nitrogen and oxygen atoms in total. The van der Waals surface area contributed by atoms with Gasteiger partial charge in [0, 0.05) is 106 Å². The SMILES string of the molecule is COc1ccc(N(C)c2ccc(N(c3cccc(-c4ccccc4)c3)c3ccc4ccccc4c3)cc2)cc1.Cc1ccc(N(C)c2ccc(N(c3cccc(-c4ccccc4)c3)c3ccc4ccccc4c3)cc2)cc1.Cc1cccc(N(C)c2ccc(N(c3cccc(-c4ccccc4)c3)c3ccc4ccccc4c3)cc2)c1. The number of aryl methyl sites for hydroxylation is 2. The summed E-state index contributed by atoms with van der Waals surface area (Å²) in [7, 11) is 8.01. The van der Waals surface area contributed by atoms with Crippen molar-refractivity contribution in [3.63, 3.8) is 0 Å². The van der Waals surface area contributed by atoms with Crippen LogP contribution in [-0.4, -0.2) is 28.3 Å². The lowest BCUT2D eigenvalue weighted by atomic mass is 10.0. The first-order valence-electron chi connectivity index (χ1n) is 39.1. The molecule has 115 heavy (non-hydrogen) atoms. The van der Waals surface area contributed by atoms with E-state index in [0.29, 0.717) is 0 Å². The first-order valence-corrected chi connectivity index (χ1v) is 39.1. The maximum absolute atomic E-state index is 5.32. The number of fused-ring (bicyclic) bond motifs is 3. The molecule has 18 aromatic carbocycles. The van der Waals surface area contributed by atoms with Gasteiger partial charge in [-0.2, -0.15) is 0 Å². The Morgan fingerprint density at radius 2 is 0.409 bits per heavy atom. The van der Waals surface area contributed by atoms with Gasteiger partial charge < -0.3 is 34.1 Å². The lowest BCUT2D eigenvalue weighted by Crippen LogP contribution is -2.12. The van der Waals surface area contributed by atoms with Gasteiger partial charge >= 0.3 is 0 Å². The molecule has 0 spiro atoms.